The lowest BCUT2D eigenvalue weighted by Crippen LogP contribution is -2.41. The standard InChI is InChI=1S/C22H28N2O2/c1-17(2)18-10-12-21(13-11-18)26-16-22(25)23-15-20-9-6-14-24(20)19-7-4-3-5-8-19/h3-5,7-8,10-13,17,20H,6,9,14-16H2,1-2H3,(H,23,25). The van der Waals surface area contributed by atoms with E-state index in [4.69, 9.17) is 4.74 Å². The fraction of sp³-hybridized carbons (Fsp3) is 0.409. The molecule has 1 atom stereocenters. The van der Waals surface area contributed by atoms with Gasteiger partial charge in [-0.1, -0.05) is 44.2 Å². The third-order valence-corrected chi connectivity index (χ3v) is 4.92. The predicted molar refractivity (Wildman–Crippen MR) is 106 cm³/mol. The lowest BCUT2D eigenvalue weighted by molar-refractivity contribution is -0.123. The summed E-state index contributed by atoms with van der Waals surface area (Å²) in [6.45, 7) is 6.07. The van der Waals surface area contributed by atoms with Crippen LogP contribution in [0.1, 0.15) is 38.2 Å². The minimum atomic E-state index is -0.0714. The van der Waals surface area contributed by atoms with Gasteiger partial charge in [-0.2, -0.15) is 0 Å². The van der Waals surface area contributed by atoms with E-state index in [9.17, 15) is 4.79 Å². The number of hydrogen-bond acceptors (Lipinski definition) is 3. The van der Waals surface area contributed by atoms with Crippen LogP contribution in [0.3, 0.4) is 0 Å². The second kappa shape index (κ2) is 8.75. The maximum absolute atomic E-state index is 12.1. The quantitative estimate of drug-likeness (QED) is 0.820. The molecule has 0 aromatic heterocycles. The van der Waals surface area contributed by atoms with E-state index in [0.29, 0.717) is 18.5 Å². The Morgan fingerprint density at radius 1 is 1.15 bits per heavy atom. The Morgan fingerprint density at radius 3 is 2.58 bits per heavy atom. The fourth-order valence-corrected chi connectivity index (χ4v) is 3.39. The van der Waals surface area contributed by atoms with Crippen LogP contribution in [-0.2, 0) is 4.79 Å². The minimum Gasteiger partial charge on any atom is -0.484 e. The lowest BCUT2D eigenvalue weighted by Gasteiger charge is -2.27. The molecule has 1 unspecified atom stereocenters. The van der Waals surface area contributed by atoms with Gasteiger partial charge in [-0.05, 0) is 48.6 Å². The summed E-state index contributed by atoms with van der Waals surface area (Å²) >= 11 is 0. The highest BCUT2D eigenvalue weighted by Gasteiger charge is 2.24. The van der Waals surface area contributed by atoms with Gasteiger partial charge < -0.3 is 15.0 Å². The molecule has 1 amide bonds. The Morgan fingerprint density at radius 2 is 1.88 bits per heavy atom. The lowest BCUT2D eigenvalue weighted by atomic mass is 10.0. The number of hydrogen-bond donors (Lipinski definition) is 1. The maximum Gasteiger partial charge on any atom is 0.258 e. The van der Waals surface area contributed by atoms with E-state index in [0.717, 1.165) is 25.1 Å². The molecule has 1 heterocycles. The molecule has 1 aliphatic heterocycles. The van der Waals surface area contributed by atoms with Crippen molar-refractivity contribution in [1.29, 1.82) is 0 Å². The number of carbonyl (C=O) groups is 1. The predicted octanol–water partition coefficient (Wildman–Crippen LogP) is 3.97. The molecule has 4 nitrogen and oxygen atoms in total. The third-order valence-electron chi connectivity index (χ3n) is 4.92. The summed E-state index contributed by atoms with van der Waals surface area (Å²) in [7, 11) is 0. The van der Waals surface area contributed by atoms with Crippen molar-refractivity contribution < 1.29 is 9.53 Å². The number of para-hydroxylation sites is 1. The highest BCUT2D eigenvalue weighted by atomic mass is 16.5. The summed E-state index contributed by atoms with van der Waals surface area (Å²) in [4.78, 5) is 14.5. The van der Waals surface area contributed by atoms with Crippen molar-refractivity contribution in [2.75, 3.05) is 24.6 Å². The van der Waals surface area contributed by atoms with E-state index < -0.39 is 0 Å². The Bertz CT molecular complexity index is 698. The van der Waals surface area contributed by atoms with Crippen molar-refractivity contribution in [2.24, 2.45) is 0 Å². The molecule has 0 radical (unpaired) electrons. The van der Waals surface area contributed by atoms with Gasteiger partial charge in [0.15, 0.2) is 6.61 Å². The molecule has 1 aliphatic rings. The first-order valence-corrected chi connectivity index (χ1v) is 9.44. The van der Waals surface area contributed by atoms with Gasteiger partial charge in [0.05, 0.1) is 0 Å². The number of carbonyl (C=O) groups excluding carboxylic acids is 1. The van der Waals surface area contributed by atoms with Gasteiger partial charge in [0.25, 0.3) is 5.91 Å². The normalized spacial score (nSPS) is 16.7. The van der Waals surface area contributed by atoms with Gasteiger partial charge >= 0.3 is 0 Å². The number of amides is 1. The Balaban J connectivity index is 1.45. The van der Waals surface area contributed by atoms with Crippen LogP contribution < -0.4 is 15.0 Å². The van der Waals surface area contributed by atoms with E-state index in [1.54, 1.807) is 0 Å². The van der Waals surface area contributed by atoms with E-state index in [-0.39, 0.29) is 12.5 Å². The summed E-state index contributed by atoms with van der Waals surface area (Å²) in [6, 6.07) is 18.7. The van der Waals surface area contributed by atoms with Gasteiger partial charge in [-0.3, -0.25) is 4.79 Å². The molecule has 2 aromatic rings. The molecular formula is C22H28N2O2. The smallest absolute Gasteiger partial charge is 0.258 e. The second-order valence-electron chi connectivity index (χ2n) is 7.14. The molecule has 1 N–H and O–H groups in total. The SMILES string of the molecule is CC(C)c1ccc(OCC(=O)NCC2CCCN2c2ccccc2)cc1. The number of nitrogens with one attached hydrogen (secondary N) is 1. The average molecular weight is 352 g/mol. The number of ether oxygens (including phenoxy) is 1. The number of rotatable bonds is 7. The van der Waals surface area contributed by atoms with Crippen LogP contribution in [0.2, 0.25) is 0 Å². The van der Waals surface area contributed by atoms with Crippen molar-refractivity contribution in [2.45, 2.75) is 38.6 Å². The molecule has 4 heteroatoms. The zero-order valence-electron chi connectivity index (χ0n) is 15.7. The van der Waals surface area contributed by atoms with Crippen molar-refractivity contribution in [3.8, 4) is 5.75 Å². The van der Waals surface area contributed by atoms with Crippen LogP contribution in [-0.4, -0.2) is 31.6 Å². The molecule has 0 spiro atoms. The largest absolute Gasteiger partial charge is 0.484 e. The third kappa shape index (κ3) is 4.78. The van der Waals surface area contributed by atoms with E-state index >= 15 is 0 Å². The first kappa shape index (κ1) is 18.3. The summed E-state index contributed by atoms with van der Waals surface area (Å²) in [5.41, 5.74) is 2.50. The molecule has 1 fully saturated rings. The monoisotopic (exact) mass is 352 g/mol. The molecule has 0 bridgehead atoms. The number of benzene rings is 2. The van der Waals surface area contributed by atoms with Gasteiger partial charge in [0, 0.05) is 24.8 Å². The highest BCUT2D eigenvalue weighted by molar-refractivity contribution is 5.77. The van der Waals surface area contributed by atoms with Crippen molar-refractivity contribution in [3.05, 3.63) is 60.2 Å². The molecule has 2 aromatic carbocycles. The minimum absolute atomic E-state index is 0.0546. The van der Waals surface area contributed by atoms with Crippen LogP contribution >= 0.6 is 0 Å². The van der Waals surface area contributed by atoms with Crippen molar-refractivity contribution in [3.63, 3.8) is 0 Å². The molecule has 138 valence electrons. The summed E-state index contributed by atoms with van der Waals surface area (Å²) in [5.74, 6) is 1.15. The molecular weight excluding hydrogens is 324 g/mol. The fourth-order valence-electron chi connectivity index (χ4n) is 3.39. The second-order valence-corrected chi connectivity index (χ2v) is 7.14. The molecule has 26 heavy (non-hydrogen) atoms. The van der Waals surface area contributed by atoms with Crippen LogP contribution in [0.4, 0.5) is 5.69 Å². The summed E-state index contributed by atoms with van der Waals surface area (Å²) in [6.07, 6.45) is 2.26. The molecule has 1 saturated heterocycles. The van der Waals surface area contributed by atoms with E-state index in [1.807, 2.05) is 30.3 Å². The highest BCUT2D eigenvalue weighted by Crippen LogP contribution is 2.24. The first-order chi connectivity index (χ1) is 12.6. The zero-order chi connectivity index (χ0) is 18.4. The zero-order valence-corrected chi connectivity index (χ0v) is 15.7. The maximum atomic E-state index is 12.1. The van der Waals surface area contributed by atoms with Gasteiger partial charge in [-0.15, -0.1) is 0 Å². The number of nitrogens with zero attached hydrogens (tertiary/aromatic N) is 1. The van der Waals surface area contributed by atoms with Gasteiger partial charge in [-0.25, -0.2) is 0 Å². The van der Waals surface area contributed by atoms with Crippen LogP contribution in [0.15, 0.2) is 54.6 Å². The average Bonchev–Trinajstić information content (AvgIpc) is 3.14. The number of anilines is 1. The molecule has 0 aliphatic carbocycles. The first-order valence-electron chi connectivity index (χ1n) is 9.44. The van der Waals surface area contributed by atoms with Crippen molar-refractivity contribution >= 4 is 11.6 Å². The molecule has 3 rings (SSSR count). The molecule has 0 saturated carbocycles. The van der Waals surface area contributed by atoms with E-state index in [1.165, 1.54) is 11.3 Å². The topological polar surface area (TPSA) is 41.6 Å². The van der Waals surface area contributed by atoms with Crippen LogP contribution in [0.25, 0.3) is 0 Å². The Kier molecular flexibility index (Phi) is 6.16. The Labute approximate surface area is 156 Å². The van der Waals surface area contributed by atoms with Gasteiger partial charge in [0.2, 0.25) is 0 Å². The van der Waals surface area contributed by atoms with Crippen molar-refractivity contribution in [1.82, 2.24) is 5.32 Å². The van der Waals surface area contributed by atoms with Crippen LogP contribution in [0, 0.1) is 0 Å². The summed E-state index contributed by atoms with van der Waals surface area (Å²) in [5, 5.41) is 3.02. The van der Waals surface area contributed by atoms with Crippen LogP contribution in [0.5, 0.6) is 5.75 Å². The Hall–Kier alpha value is -2.49. The van der Waals surface area contributed by atoms with E-state index in [2.05, 4.69) is 48.3 Å². The van der Waals surface area contributed by atoms with Gasteiger partial charge in [0.1, 0.15) is 5.75 Å². The summed E-state index contributed by atoms with van der Waals surface area (Å²) < 4.78 is 5.60.